The molecular formula is C19H20ClN3O2. The van der Waals surface area contributed by atoms with Gasteiger partial charge in [-0.25, -0.2) is 0 Å². The number of aromatic nitrogens is 1. The van der Waals surface area contributed by atoms with Crippen LogP contribution in [0.3, 0.4) is 0 Å². The van der Waals surface area contributed by atoms with Crippen LogP contribution in [-0.2, 0) is 22.7 Å². The molecule has 3 rings (SSSR count). The minimum absolute atomic E-state index is 0.00361. The van der Waals surface area contributed by atoms with Gasteiger partial charge in [0, 0.05) is 37.8 Å². The highest BCUT2D eigenvalue weighted by molar-refractivity contribution is 6.30. The number of amides is 2. The summed E-state index contributed by atoms with van der Waals surface area (Å²) < 4.78 is 0. The summed E-state index contributed by atoms with van der Waals surface area (Å²) in [7, 11) is 1.77. The zero-order valence-electron chi connectivity index (χ0n) is 14.1. The van der Waals surface area contributed by atoms with E-state index >= 15 is 0 Å². The van der Waals surface area contributed by atoms with Crippen molar-refractivity contribution < 1.29 is 9.59 Å². The number of nitrogens with zero attached hydrogens (tertiary/aromatic N) is 3. The van der Waals surface area contributed by atoms with Crippen LogP contribution in [-0.4, -0.2) is 40.2 Å². The second-order valence-electron chi connectivity index (χ2n) is 6.32. The van der Waals surface area contributed by atoms with Gasteiger partial charge in [-0.05, 0) is 29.8 Å². The monoisotopic (exact) mass is 357 g/mol. The number of carbonyl (C=O) groups excluding carboxylic acids is 2. The molecule has 0 radical (unpaired) electrons. The van der Waals surface area contributed by atoms with Crippen LogP contribution in [0, 0.1) is 5.92 Å². The lowest BCUT2D eigenvalue weighted by molar-refractivity contribution is -0.135. The normalized spacial score (nSPS) is 17.0. The predicted octanol–water partition coefficient (Wildman–Crippen LogP) is 2.74. The molecule has 0 aliphatic carbocycles. The van der Waals surface area contributed by atoms with Gasteiger partial charge < -0.3 is 9.80 Å². The molecule has 130 valence electrons. The molecule has 1 aromatic heterocycles. The summed E-state index contributed by atoms with van der Waals surface area (Å²) in [5.41, 5.74) is 1.84. The molecule has 1 aromatic carbocycles. The average Bonchev–Trinajstić information content (AvgIpc) is 2.98. The zero-order valence-corrected chi connectivity index (χ0v) is 14.8. The van der Waals surface area contributed by atoms with Crippen molar-refractivity contribution in [1.29, 1.82) is 0 Å². The Morgan fingerprint density at radius 3 is 2.72 bits per heavy atom. The molecule has 0 bridgehead atoms. The van der Waals surface area contributed by atoms with Gasteiger partial charge in [-0.2, -0.15) is 0 Å². The van der Waals surface area contributed by atoms with Gasteiger partial charge in [0.25, 0.3) is 0 Å². The molecule has 6 heteroatoms. The molecule has 2 heterocycles. The largest absolute Gasteiger partial charge is 0.341 e. The number of hydrogen-bond donors (Lipinski definition) is 0. The van der Waals surface area contributed by atoms with E-state index in [4.69, 9.17) is 11.6 Å². The minimum Gasteiger partial charge on any atom is -0.341 e. The van der Waals surface area contributed by atoms with Crippen molar-refractivity contribution in [1.82, 2.24) is 14.8 Å². The quantitative estimate of drug-likeness (QED) is 0.826. The molecule has 0 N–H and O–H groups in total. The number of hydrogen-bond acceptors (Lipinski definition) is 3. The fourth-order valence-corrected chi connectivity index (χ4v) is 3.16. The van der Waals surface area contributed by atoms with E-state index in [1.807, 2.05) is 42.5 Å². The molecular weight excluding hydrogens is 338 g/mol. The highest BCUT2D eigenvalue weighted by Crippen LogP contribution is 2.22. The molecule has 1 atom stereocenters. The molecule has 1 aliphatic rings. The van der Waals surface area contributed by atoms with E-state index in [2.05, 4.69) is 4.98 Å². The van der Waals surface area contributed by atoms with Crippen molar-refractivity contribution in [2.45, 2.75) is 19.5 Å². The maximum atomic E-state index is 12.7. The third-order valence-corrected chi connectivity index (χ3v) is 4.60. The zero-order chi connectivity index (χ0) is 17.8. The first-order valence-corrected chi connectivity index (χ1v) is 8.58. The molecule has 0 spiro atoms. The van der Waals surface area contributed by atoms with Crippen LogP contribution in [0.15, 0.2) is 48.7 Å². The Morgan fingerprint density at radius 1 is 1.28 bits per heavy atom. The average molecular weight is 358 g/mol. The third-order valence-electron chi connectivity index (χ3n) is 4.35. The minimum atomic E-state index is -0.298. The second kappa shape index (κ2) is 7.66. The lowest BCUT2D eigenvalue weighted by Gasteiger charge is -2.21. The SMILES string of the molecule is CN(Cc1ccc(Cl)cc1)C(=O)[C@H]1CC(=O)N(Cc2ccccn2)C1. The van der Waals surface area contributed by atoms with Crippen molar-refractivity contribution in [2.24, 2.45) is 5.92 Å². The number of carbonyl (C=O) groups is 2. The Kier molecular flexibility index (Phi) is 5.34. The van der Waals surface area contributed by atoms with Crippen LogP contribution in [0.25, 0.3) is 0 Å². The fourth-order valence-electron chi connectivity index (χ4n) is 3.03. The predicted molar refractivity (Wildman–Crippen MR) is 95.7 cm³/mol. The Morgan fingerprint density at radius 2 is 2.04 bits per heavy atom. The van der Waals surface area contributed by atoms with E-state index in [0.29, 0.717) is 24.7 Å². The first-order valence-electron chi connectivity index (χ1n) is 8.20. The number of halogens is 1. The van der Waals surface area contributed by atoms with Crippen LogP contribution >= 0.6 is 11.6 Å². The van der Waals surface area contributed by atoms with Gasteiger partial charge in [0.05, 0.1) is 18.2 Å². The molecule has 0 unspecified atom stereocenters. The van der Waals surface area contributed by atoms with Gasteiger partial charge in [-0.15, -0.1) is 0 Å². The van der Waals surface area contributed by atoms with E-state index in [1.165, 1.54) is 0 Å². The lowest BCUT2D eigenvalue weighted by atomic mass is 10.1. The van der Waals surface area contributed by atoms with Gasteiger partial charge in [0.1, 0.15) is 0 Å². The molecule has 5 nitrogen and oxygen atoms in total. The fraction of sp³-hybridized carbons (Fsp3) is 0.316. The maximum absolute atomic E-state index is 12.7. The molecule has 25 heavy (non-hydrogen) atoms. The van der Waals surface area contributed by atoms with E-state index < -0.39 is 0 Å². The molecule has 0 saturated carbocycles. The van der Waals surface area contributed by atoms with Gasteiger partial charge in [0.15, 0.2) is 0 Å². The van der Waals surface area contributed by atoms with Crippen molar-refractivity contribution in [3.8, 4) is 0 Å². The lowest BCUT2D eigenvalue weighted by Crippen LogP contribution is -2.34. The highest BCUT2D eigenvalue weighted by atomic mass is 35.5. The number of benzene rings is 1. The van der Waals surface area contributed by atoms with Crippen molar-refractivity contribution in [2.75, 3.05) is 13.6 Å². The Labute approximate surface area is 152 Å². The van der Waals surface area contributed by atoms with Gasteiger partial charge in [-0.3, -0.25) is 14.6 Å². The summed E-state index contributed by atoms with van der Waals surface area (Å²) in [4.78, 5) is 32.5. The molecule has 2 amide bonds. The summed E-state index contributed by atoms with van der Waals surface area (Å²) in [6, 6.07) is 13.0. The van der Waals surface area contributed by atoms with Crippen LogP contribution < -0.4 is 0 Å². The first-order chi connectivity index (χ1) is 12.0. The van der Waals surface area contributed by atoms with Gasteiger partial charge in [-0.1, -0.05) is 29.8 Å². The summed E-state index contributed by atoms with van der Waals surface area (Å²) in [6.45, 7) is 1.39. The van der Waals surface area contributed by atoms with Crippen LogP contribution in [0.5, 0.6) is 0 Å². The summed E-state index contributed by atoms with van der Waals surface area (Å²) in [6.07, 6.45) is 1.97. The van der Waals surface area contributed by atoms with E-state index in [-0.39, 0.29) is 24.2 Å². The van der Waals surface area contributed by atoms with E-state index in [1.54, 1.807) is 23.0 Å². The first kappa shape index (κ1) is 17.4. The molecule has 1 aliphatic heterocycles. The van der Waals surface area contributed by atoms with Crippen LogP contribution in [0.4, 0.5) is 0 Å². The molecule has 2 aromatic rings. The third kappa shape index (κ3) is 4.37. The van der Waals surface area contributed by atoms with Gasteiger partial charge >= 0.3 is 0 Å². The summed E-state index contributed by atoms with van der Waals surface area (Å²) in [5, 5.41) is 0.671. The Balaban J connectivity index is 1.59. The van der Waals surface area contributed by atoms with Crippen molar-refractivity contribution in [3.05, 3.63) is 64.9 Å². The highest BCUT2D eigenvalue weighted by Gasteiger charge is 2.35. The Hall–Kier alpha value is -2.40. The molecule has 1 saturated heterocycles. The van der Waals surface area contributed by atoms with Crippen molar-refractivity contribution >= 4 is 23.4 Å². The maximum Gasteiger partial charge on any atom is 0.228 e. The Bertz CT molecular complexity index is 749. The van der Waals surface area contributed by atoms with Crippen LogP contribution in [0.1, 0.15) is 17.7 Å². The van der Waals surface area contributed by atoms with E-state index in [0.717, 1.165) is 11.3 Å². The smallest absolute Gasteiger partial charge is 0.228 e. The van der Waals surface area contributed by atoms with Gasteiger partial charge in [0.2, 0.25) is 11.8 Å². The topological polar surface area (TPSA) is 53.5 Å². The second-order valence-corrected chi connectivity index (χ2v) is 6.75. The summed E-state index contributed by atoms with van der Waals surface area (Å²) in [5.74, 6) is -0.302. The number of rotatable bonds is 5. The van der Waals surface area contributed by atoms with Crippen molar-refractivity contribution in [3.63, 3.8) is 0 Å². The molecule has 1 fully saturated rings. The van der Waals surface area contributed by atoms with Crippen LogP contribution in [0.2, 0.25) is 5.02 Å². The summed E-state index contributed by atoms with van der Waals surface area (Å²) >= 11 is 5.88. The van der Waals surface area contributed by atoms with E-state index in [9.17, 15) is 9.59 Å². The standard InChI is InChI=1S/C19H20ClN3O2/c1-22(11-14-5-7-16(20)8-6-14)19(25)15-10-18(24)23(12-15)13-17-4-2-3-9-21-17/h2-9,15H,10-13H2,1H3/t15-/m0/s1. The number of pyridine rings is 1. The number of likely N-dealkylation sites (tertiary alicyclic amines) is 1.